The van der Waals surface area contributed by atoms with Crippen LogP contribution in [0.3, 0.4) is 0 Å². The molecule has 0 radical (unpaired) electrons. The number of amides is 2. The number of carbonyl (C=O) groups excluding carboxylic acids is 1. The minimum Gasteiger partial charge on any atom is -0.472 e. The Morgan fingerprint density at radius 3 is 2.68 bits per heavy atom. The minimum absolute atomic E-state index is 0.00333. The first-order chi connectivity index (χ1) is 9.25. The van der Waals surface area contributed by atoms with E-state index in [1.807, 2.05) is 36.4 Å². The first kappa shape index (κ1) is 13.2. The minimum atomic E-state index is -0.522. The molecule has 1 heterocycles. The number of nitrogens with two attached hydrogens (primary N) is 1. The Kier molecular flexibility index (Phi) is 4.58. The van der Waals surface area contributed by atoms with Crippen molar-refractivity contribution < 1.29 is 9.21 Å². The van der Waals surface area contributed by atoms with Gasteiger partial charge in [-0.2, -0.15) is 0 Å². The van der Waals surface area contributed by atoms with Gasteiger partial charge in [0.05, 0.1) is 12.5 Å². The van der Waals surface area contributed by atoms with Crippen molar-refractivity contribution in [1.82, 2.24) is 10.6 Å². The number of urea groups is 1. The standard InChI is InChI=1S/C14H17N3O2/c15-14(18)17-9-13(12-4-2-1-3-5-12)16-8-11-6-7-19-10-11/h1-7,10,13,16H,8-9H2,(H3,15,17,18). The van der Waals surface area contributed by atoms with Crippen LogP contribution >= 0.6 is 0 Å². The lowest BCUT2D eigenvalue weighted by molar-refractivity contribution is 0.247. The fourth-order valence-electron chi connectivity index (χ4n) is 1.83. The highest BCUT2D eigenvalue weighted by Gasteiger charge is 2.11. The number of nitrogens with one attached hydrogen (secondary N) is 2. The van der Waals surface area contributed by atoms with E-state index in [1.54, 1.807) is 12.5 Å². The summed E-state index contributed by atoms with van der Waals surface area (Å²) in [5.74, 6) is 0. The number of furan rings is 1. The SMILES string of the molecule is NC(=O)NCC(NCc1ccoc1)c1ccccc1. The van der Waals surface area contributed by atoms with Crippen LogP contribution in [0.2, 0.25) is 0 Å². The molecule has 5 heteroatoms. The van der Waals surface area contributed by atoms with Crippen LogP contribution in [0.1, 0.15) is 17.2 Å². The molecule has 100 valence electrons. The van der Waals surface area contributed by atoms with Crippen molar-refractivity contribution >= 4 is 6.03 Å². The quantitative estimate of drug-likeness (QED) is 0.739. The molecule has 4 N–H and O–H groups in total. The van der Waals surface area contributed by atoms with Gasteiger partial charge < -0.3 is 20.8 Å². The van der Waals surface area contributed by atoms with Crippen LogP contribution in [0.5, 0.6) is 0 Å². The Morgan fingerprint density at radius 1 is 1.26 bits per heavy atom. The summed E-state index contributed by atoms with van der Waals surface area (Å²) in [6.45, 7) is 1.10. The van der Waals surface area contributed by atoms with E-state index < -0.39 is 6.03 Å². The molecule has 1 unspecified atom stereocenters. The highest BCUT2D eigenvalue weighted by molar-refractivity contribution is 5.71. The molecule has 0 spiro atoms. The van der Waals surface area contributed by atoms with Gasteiger partial charge in [-0.25, -0.2) is 4.79 Å². The van der Waals surface area contributed by atoms with Crippen molar-refractivity contribution in [1.29, 1.82) is 0 Å². The summed E-state index contributed by atoms with van der Waals surface area (Å²) < 4.78 is 5.02. The molecule has 1 atom stereocenters. The van der Waals surface area contributed by atoms with Crippen LogP contribution in [0.4, 0.5) is 4.79 Å². The van der Waals surface area contributed by atoms with Crippen molar-refractivity contribution in [2.75, 3.05) is 6.54 Å². The topological polar surface area (TPSA) is 80.3 Å². The fourth-order valence-corrected chi connectivity index (χ4v) is 1.83. The van der Waals surface area contributed by atoms with Crippen molar-refractivity contribution in [2.45, 2.75) is 12.6 Å². The molecule has 2 aromatic rings. The third kappa shape index (κ3) is 4.15. The molecule has 0 aliphatic rings. The van der Waals surface area contributed by atoms with Gasteiger partial charge in [0, 0.05) is 24.7 Å². The molecule has 0 saturated heterocycles. The molecule has 1 aromatic carbocycles. The van der Waals surface area contributed by atoms with Crippen molar-refractivity contribution in [3.05, 3.63) is 60.1 Å². The summed E-state index contributed by atoms with van der Waals surface area (Å²) in [6.07, 6.45) is 3.33. The normalized spacial score (nSPS) is 12.0. The Bertz CT molecular complexity index is 497. The fraction of sp³-hybridized carbons (Fsp3) is 0.214. The number of rotatable bonds is 6. The molecular formula is C14H17N3O2. The average Bonchev–Trinajstić information content (AvgIpc) is 2.93. The number of hydrogen-bond acceptors (Lipinski definition) is 3. The van der Waals surface area contributed by atoms with Gasteiger partial charge >= 0.3 is 6.03 Å². The zero-order chi connectivity index (χ0) is 13.5. The third-order valence-electron chi connectivity index (χ3n) is 2.82. The molecule has 0 aliphatic heterocycles. The van der Waals surface area contributed by atoms with Gasteiger partial charge in [0.15, 0.2) is 0 Å². The number of primary amides is 1. The van der Waals surface area contributed by atoms with Gasteiger partial charge in [-0.05, 0) is 11.6 Å². The van der Waals surface area contributed by atoms with Gasteiger partial charge in [-0.1, -0.05) is 30.3 Å². The summed E-state index contributed by atoms with van der Waals surface area (Å²) in [4.78, 5) is 10.8. The summed E-state index contributed by atoms with van der Waals surface area (Å²) in [5.41, 5.74) is 7.27. The molecule has 0 fully saturated rings. The molecular weight excluding hydrogens is 242 g/mol. The maximum Gasteiger partial charge on any atom is 0.312 e. The zero-order valence-electron chi connectivity index (χ0n) is 10.5. The van der Waals surface area contributed by atoms with E-state index in [1.165, 1.54) is 0 Å². The van der Waals surface area contributed by atoms with Crippen molar-refractivity contribution in [3.63, 3.8) is 0 Å². The second-order valence-corrected chi connectivity index (χ2v) is 4.22. The summed E-state index contributed by atoms with van der Waals surface area (Å²) in [6, 6.07) is 11.3. The number of carbonyl (C=O) groups is 1. The Labute approximate surface area is 111 Å². The number of hydrogen-bond donors (Lipinski definition) is 3. The molecule has 5 nitrogen and oxygen atoms in total. The molecule has 0 aliphatic carbocycles. The lowest BCUT2D eigenvalue weighted by atomic mass is 10.1. The Hall–Kier alpha value is -2.27. The lowest BCUT2D eigenvalue weighted by Gasteiger charge is -2.19. The maximum absolute atomic E-state index is 10.8. The van der Waals surface area contributed by atoms with Gasteiger partial charge in [0.2, 0.25) is 0 Å². The highest BCUT2D eigenvalue weighted by atomic mass is 16.3. The Morgan fingerprint density at radius 2 is 2.05 bits per heavy atom. The van der Waals surface area contributed by atoms with Crippen LogP contribution in [0.15, 0.2) is 53.3 Å². The van der Waals surface area contributed by atoms with Crippen LogP contribution in [0, 0.1) is 0 Å². The zero-order valence-corrected chi connectivity index (χ0v) is 10.5. The first-order valence-corrected chi connectivity index (χ1v) is 6.08. The van der Waals surface area contributed by atoms with E-state index in [2.05, 4.69) is 10.6 Å². The van der Waals surface area contributed by atoms with Gasteiger partial charge in [0.25, 0.3) is 0 Å². The van der Waals surface area contributed by atoms with Gasteiger partial charge in [-0.3, -0.25) is 0 Å². The van der Waals surface area contributed by atoms with E-state index in [0.29, 0.717) is 13.1 Å². The van der Waals surface area contributed by atoms with E-state index in [0.717, 1.165) is 11.1 Å². The summed E-state index contributed by atoms with van der Waals surface area (Å²) in [7, 11) is 0. The predicted octanol–water partition coefficient (Wildman–Crippen LogP) is 1.78. The largest absolute Gasteiger partial charge is 0.472 e. The van der Waals surface area contributed by atoms with Crippen LogP contribution in [-0.4, -0.2) is 12.6 Å². The molecule has 2 rings (SSSR count). The van der Waals surface area contributed by atoms with Crippen molar-refractivity contribution in [2.24, 2.45) is 5.73 Å². The van der Waals surface area contributed by atoms with Gasteiger partial charge in [0.1, 0.15) is 0 Å². The van der Waals surface area contributed by atoms with Crippen LogP contribution in [0.25, 0.3) is 0 Å². The molecule has 1 aromatic heterocycles. The molecule has 19 heavy (non-hydrogen) atoms. The summed E-state index contributed by atoms with van der Waals surface area (Å²) in [5, 5.41) is 5.99. The molecule has 0 bridgehead atoms. The number of benzene rings is 1. The first-order valence-electron chi connectivity index (χ1n) is 6.08. The average molecular weight is 259 g/mol. The lowest BCUT2D eigenvalue weighted by Crippen LogP contribution is -2.37. The smallest absolute Gasteiger partial charge is 0.312 e. The highest BCUT2D eigenvalue weighted by Crippen LogP contribution is 2.12. The van der Waals surface area contributed by atoms with Gasteiger partial charge in [-0.15, -0.1) is 0 Å². The van der Waals surface area contributed by atoms with E-state index in [9.17, 15) is 4.79 Å². The van der Waals surface area contributed by atoms with Crippen LogP contribution in [-0.2, 0) is 6.54 Å². The maximum atomic E-state index is 10.8. The van der Waals surface area contributed by atoms with Crippen molar-refractivity contribution in [3.8, 4) is 0 Å². The van der Waals surface area contributed by atoms with E-state index in [-0.39, 0.29) is 6.04 Å². The summed E-state index contributed by atoms with van der Waals surface area (Å²) >= 11 is 0. The second-order valence-electron chi connectivity index (χ2n) is 4.22. The Balaban J connectivity index is 1.99. The third-order valence-corrected chi connectivity index (χ3v) is 2.82. The predicted molar refractivity (Wildman–Crippen MR) is 72.3 cm³/mol. The van der Waals surface area contributed by atoms with Crippen LogP contribution < -0.4 is 16.4 Å². The monoisotopic (exact) mass is 259 g/mol. The molecule has 2 amide bonds. The van der Waals surface area contributed by atoms with E-state index in [4.69, 9.17) is 10.2 Å². The second kappa shape index (κ2) is 6.61. The van der Waals surface area contributed by atoms with E-state index >= 15 is 0 Å². The molecule has 0 saturated carbocycles.